The Labute approximate surface area is 218 Å². The minimum atomic E-state index is -4.10. The van der Waals surface area contributed by atoms with Crippen LogP contribution >= 0.6 is 7.75 Å². The van der Waals surface area contributed by atoms with Crippen molar-refractivity contribution >= 4 is 30.8 Å². The van der Waals surface area contributed by atoms with Crippen molar-refractivity contribution in [2.75, 3.05) is 12.3 Å². The SMILES string of the molecule is CC(C)OC(=O)[C@@H](C)N[P@](=O)(OC[C@@H]1C[C@@](C)(F)[C@H](n2cnc3c(=O)[nH]c(N)nc32)O1)OC1C=CC=CC1. The molecule has 0 spiro atoms. The van der Waals surface area contributed by atoms with Gasteiger partial charge >= 0.3 is 13.7 Å². The smallest absolute Gasteiger partial charge is 0.406 e. The van der Waals surface area contributed by atoms with Crippen molar-refractivity contribution in [3.63, 3.8) is 0 Å². The van der Waals surface area contributed by atoms with Gasteiger partial charge in [0, 0.05) is 6.42 Å². The Morgan fingerprint density at radius 1 is 1.42 bits per heavy atom. The number of ether oxygens (including phenoxy) is 2. The number of nitrogens with zero attached hydrogens (tertiary/aromatic N) is 3. The summed E-state index contributed by atoms with van der Waals surface area (Å²) >= 11 is 0. The summed E-state index contributed by atoms with van der Waals surface area (Å²) < 4.78 is 53.2. The minimum Gasteiger partial charge on any atom is -0.462 e. The average Bonchev–Trinajstić information content (AvgIpc) is 3.37. The maximum absolute atomic E-state index is 15.7. The van der Waals surface area contributed by atoms with Crippen molar-refractivity contribution < 1.29 is 32.3 Å². The molecule has 0 radical (unpaired) electrons. The summed E-state index contributed by atoms with van der Waals surface area (Å²) in [5.74, 6) is -0.780. The van der Waals surface area contributed by atoms with Crippen LogP contribution in [0.15, 0.2) is 35.4 Å². The molecule has 3 heterocycles. The molecule has 1 unspecified atom stereocenters. The molecule has 0 saturated carbocycles. The number of aromatic nitrogens is 4. The molecular formula is C23H32FN6O7P. The molecule has 13 nitrogen and oxygen atoms in total. The Hall–Kier alpha value is -2.90. The van der Waals surface area contributed by atoms with Crippen LogP contribution in [-0.4, -0.2) is 62.1 Å². The van der Waals surface area contributed by atoms with Crippen molar-refractivity contribution in [1.82, 2.24) is 24.6 Å². The van der Waals surface area contributed by atoms with Crippen molar-refractivity contribution in [3.8, 4) is 0 Å². The zero-order valence-electron chi connectivity index (χ0n) is 21.5. The van der Waals surface area contributed by atoms with Gasteiger partial charge in [-0.15, -0.1) is 0 Å². The molecule has 4 rings (SSSR count). The van der Waals surface area contributed by atoms with Crippen LogP contribution in [0.3, 0.4) is 0 Å². The predicted octanol–water partition coefficient (Wildman–Crippen LogP) is 2.67. The molecular weight excluding hydrogens is 522 g/mol. The molecule has 208 valence electrons. The van der Waals surface area contributed by atoms with Gasteiger partial charge in [-0.1, -0.05) is 24.3 Å². The Morgan fingerprint density at radius 3 is 2.87 bits per heavy atom. The van der Waals surface area contributed by atoms with Crippen LogP contribution in [0.4, 0.5) is 10.3 Å². The number of nitrogen functional groups attached to an aromatic ring is 1. The molecule has 0 amide bonds. The lowest BCUT2D eigenvalue weighted by Gasteiger charge is -2.27. The highest BCUT2D eigenvalue weighted by molar-refractivity contribution is 7.51. The quantitative estimate of drug-likeness (QED) is 0.291. The standard InChI is InChI=1S/C23H32FN6O7P/c1-13(2)35-20(32)14(3)29-38(33,37-15-8-6-5-7-9-15)34-11-16-10-23(4,24)21(36-16)30-12-26-17-18(30)27-22(25)28-19(17)31/h5-8,12-16,21H,9-11H2,1-4H3,(H,29,33)(H3,25,27,28,31)/t14-,15?,16+,21-,23-,38+/m1/s1. The molecule has 2 aliphatic rings. The van der Waals surface area contributed by atoms with E-state index in [0.717, 1.165) is 0 Å². The fourth-order valence-electron chi connectivity index (χ4n) is 4.20. The Balaban J connectivity index is 1.49. The number of halogens is 1. The van der Waals surface area contributed by atoms with Gasteiger partial charge in [0.15, 0.2) is 23.1 Å². The molecule has 38 heavy (non-hydrogen) atoms. The number of imidazole rings is 1. The number of carbonyl (C=O) groups excluding carboxylic acids is 1. The fraction of sp³-hybridized carbons (Fsp3) is 0.565. The second kappa shape index (κ2) is 11.1. The molecule has 1 saturated heterocycles. The lowest BCUT2D eigenvalue weighted by atomic mass is 10.0. The molecule has 6 atom stereocenters. The highest BCUT2D eigenvalue weighted by atomic mass is 31.2. The summed E-state index contributed by atoms with van der Waals surface area (Å²) in [7, 11) is -4.10. The normalized spacial score (nSPS) is 27.6. The van der Waals surface area contributed by atoms with Gasteiger partial charge < -0.3 is 15.2 Å². The Morgan fingerprint density at radius 2 is 2.18 bits per heavy atom. The van der Waals surface area contributed by atoms with E-state index in [1.54, 1.807) is 26.0 Å². The number of allylic oxidation sites excluding steroid dienone is 2. The molecule has 0 aromatic carbocycles. The van der Waals surface area contributed by atoms with Gasteiger partial charge in [-0.3, -0.25) is 28.2 Å². The van der Waals surface area contributed by atoms with Gasteiger partial charge in [0.05, 0.1) is 31.2 Å². The number of carbonyl (C=O) groups is 1. The number of hydrogen-bond donors (Lipinski definition) is 3. The summed E-state index contributed by atoms with van der Waals surface area (Å²) in [5.41, 5.74) is 3.20. The second-order valence-corrected chi connectivity index (χ2v) is 11.4. The van der Waals surface area contributed by atoms with Gasteiger partial charge in [0.25, 0.3) is 5.56 Å². The lowest BCUT2D eigenvalue weighted by molar-refractivity contribution is -0.149. The summed E-state index contributed by atoms with van der Waals surface area (Å²) in [4.78, 5) is 34.9. The number of esters is 1. The monoisotopic (exact) mass is 554 g/mol. The summed E-state index contributed by atoms with van der Waals surface area (Å²) in [6, 6.07) is -1.01. The van der Waals surface area contributed by atoms with E-state index in [1.165, 1.54) is 24.7 Å². The number of nitrogens with one attached hydrogen (secondary N) is 2. The maximum Gasteiger partial charge on any atom is 0.406 e. The maximum atomic E-state index is 15.7. The third kappa shape index (κ3) is 6.38. The Kier molecular flexibility index (Phi) is 8.19. The molecule has 4 N–H and O–H groups in total. The first-order valence-electron chi connectivity index (χ1n) is 12.2. The third-order valence-electron chi connectivity index (χ3n) is 5.87. The van der Waals surface area contributed by atoms with Crippen LogP contribution in [0.2, 0.25) is 0 Å². The van der Waals surface area contributed by atoms with Crippen LogP contribution in [0.5, 0.6) is 0 Å². The number of H-pyrrole nitrogens is 1. The van der Waals surface area contributed by atoms with E-state index in [-0.39, 0.29) is 36.2 Å². The summed E-state index contributed by atoms with van der Waals surface area (Å²) in [6.45, 7) is 5.88. The summed E-state index contributed by atoms with van der Waals surface area (Å²) in [5, 5.41) is 2.62. The zero-order chi connectivity index (χ0) is 27.7. The van der Waals surface area contributed by atoms with E-state index in [1.807, 2.05) is 12.2 Å². The van der Waals surface area contributed by atoms with Gasteiger partial charge in [-0.05, 0) is 34.1 Å². The Bertz CT molecular complexity index is 1340. The van der Waals surface area contributed by atoms with E-state index in [4.69, 9.17) is 24.3 Å². The fourth-order valence-corrected chi connectivity index (χ4v) is 5.86. The lowest BCUT2D eigenvalue weighted by Crippen LogP contribution is -2.36. The van der Waals surface area contributed by atoms with Crippen LogP contribution < -0.4 is 16.4 Å². The summed E-state index contributed by atoms with van der Waals surface area (Å²) in [6.07, 6.45) is 5.68. The molecule has 15 heteroatoms. The minimum absolute atomic E-state index is 0.0164. The number of alkyl halides is 1. The van der Waals surface area contributed by atoms with Crippen molar-refractivity contribution in [2.45, 2.75) is 76.8 Å². The first kappa shape index (κ1) is 28.1. The van der Waals surface area contributed by atoms with Gasteiger partial charge in [-0.2, -0.15) is 4.98 Å². The van der Waals surface area contributed by atoms with E-state index in [0.29, 0.717) is 6.42 Å². The van der Waals surface area contributed by atoms with E-state index in [2.05, 4.69) is 20.0 Å². The van der Waals surface area contributed by atoms with Crippen LogP contribution in [0.25, 0.3) is 11.2 Å². The molecule has 1 aliphatic heterocycles. The second-order valence-electron chi connectivity index (χ2n) is 9.69. The van der Waals surface area contributed by atoms with E-state index in [9.17, 15) is 14.2 Å². The first-order valence-corrected chi connectivity index (χ1v) is 13.7. The van der Waals surface area contributed by atoms with Gasteiger partial charge in [0.2, 0.25) is 5.95 Å². The molecule has 1 fully saturated rings. The highest BCUT2D eigenvalue weighted by Crippen LogP contribution is 2.49. The van der Waals surface area contributed by atoms with Gasteiger partial charge in [-0.25, -0.2) is 19.0 Å². The van der Waals surface area contributed by atoms with Crippen molar-refractivity contribution in [2.24, 2.45) is 0 Å². The number of fused-ring (bicyclic) bond motifs is 1. The van der Waals surface area contributed by atoms with Crippen LogP contribution in [0, 0.1) is 0 Å². The molecule has 1 aliphatic carbocycles. The third-order valence-corrected chi connectivity index (χ3v) is 7.61. The first-order chi connectivity index (χ1) is 17.9. The van der Waals surface area contributed by atoms with E-state index < -0.39 is 49.4 Å². The molecule has 2 aromatic heterocycles. The van der Waals surface area contributed by atoms with E-state index >= 15 is 4.39 Å². The van der Waals surface area contributed by atoms with Crippen molar-refractivity contribution in [1.29, 1.82) is 0 Å². The van der Waals surface area contributed by atoms with Gasteiger partial charge in [0.1, 0.15) is 6.04 Å². The zero-order valence-corrected chi connectivity index (χ0v) is 22.4. The number of anilines is 1. The molecule has 0 bridgehead atoms. The number of nitrogens with two attached hydrogens (primary N) is 1. The predicted molar refractivity (Wildman–Crippen MR) is 136 cm³/mol. The van der Waals surface area contributed by atoms with Crippen LogP contribution in [-0.2, 0) is 27.9 Å². The highest BCUT2D eigenvalue weighted by Gasteiger charge is 2.48. The topological polar surface area (TPSA) is 173 Å². The van der Waals surface area contributed by atoms with Crippen LogP contribution in [0.1, 0.15) is 46.8 Å². The van der Waals surface area contributed by atoms with Crippen molar-refractivity contribution in [3.05, 3.63) is 41.0 Å². The number of hydrogen-bond acceptors (Lipinski definition) is 10. The number of rotatable bonds is 10. The largest absolute Gasteiger partial charge is 0.462 e. The number of aromatic amines is 1. The average molecular weight is 555 g/mol. The molecule has 2 aromatic rings.